The number of thiol groups is 1. The van der Waals surface area contributed by atoms with Crippen LogP contribution in [0, 0.1) is 0 Å². The second-order valence-corrected chi connectivity index (χ2v) is 7.52. The monoisotopic (exact) mass is 304 g/mol. The standard InChI is InChI=1S/C16H16S3/c17-10-4-7-13-11-18-16(19-13)15-9-3-6-12-5-1-2-8-14(12)15/h1-3,5-6,8-9,11,16-17H,4,7,10H2. The lowest BCUT2D eigenvalue weighted by molar-refractivity contribution is 0.966. The van der Waals surface area contributed by atoms with E-state index in [1.165, 1.54) is 34.1 Å². The molecule has 0 saturated heterocycles. The molecule has 3 heteroatoms. The molecule has 1 heterocycles. The molecular formula is C16H16S3. The van der Waals surface area contributed by atoms with Gasteiger partial charge in [-0.15, -0.1) is 23.5 Å². The van der Waals surface area contributed by atoms with Crippen molar-refractivity contribution in [1.29, 1.82) is 0 Å². The molecule has 0 spiro atoms. The molecule has 0 aliphatic carbocycles. The Morgan fingerprint density at radius 3 is 2.79 bits per heavy atom. The van der Waals surface area contributed by atoms with E-state index in [9.17, 15) is 0 Å². The molecule has 3 rings (SSSR count). The summed E-state index contributed by atoms with van der Waals surface area (Å²) in [6, 6.07) is 15.3. The molecule has 0 bridgehead atoms. The van der Waals surface area contributed by atoms with Gasteiger partial charge in [-0.3, -0.25) is 0 Å². The number of thioether (sulfide) groups is 2. The van der Waals surface area contributed by atoms with Crippen LogP contribution in [-0.4, -0.2) is 5.75 Å². The summed E-state index contributed by atoms with van der Waals surface area (Å²) >= 11 is 8.24. The summed E-state index contributed by atoms with van der Waals surface area (Å²) in [5.74, 6) is 0.974. The maximum atomic E-state index is 4.29. The predicted molar refractivity (Wildman–Crippen MR) is 93.0 cm³/mol. The van der Waals surface area contributed by atoms with Gasteiger partial charge >= 0.3 is 0 Å². The second kappa shape index (κ2) is 6.29. The van der Waals surface area contributed by atoms with Gasteiger partial charge < -0.3 is 0 Å². The van der Waals surface area contributed by atoms with Gasteiger partial charge in [0.05, 0.1) is 4.58 Å². The van der Waals surface area contributed by atoms with Crippen molar-refractivity contribution >= 4 is 46.9 Å². The number of allylic oxidation sites excluding steroid dienone is 1. The van der Waals surface area contributed by atoms with Crippen LogP contribution in [0.4, 0.5) is 0 Å². The minimum absolute atomic E-state index is 0.515. The van der Waals surface area contributed by atoms with E-state index in [0.717, 1.165) is 5.75 Å². The van der Waals surface area contributed by atoms with Crippen molar-refractivity contribution in [2.45, 2.75) is 17.4 Å². The SMILES string of the molecule is SCCCC1=CSC(c2cccc3ccccc23)S1. The van der Waals surface area contributed by atoms with E-state index in [2.05, 4.69) is 60.5 Å². The highest BCUT2D eigenvalue weighted by Gasteiger charge is 2.21. The van der Waals surface area contributed by atoms with Crippen LogP contribution in [0.15, 0.2) is 52.8 Å². The first-order valence-electron chi connectivity index (χ1n) is 6.48. The first-order valence-corrected chi connectivity index (χ1v) is 8.93. The summed E-state index contributed by atoms with van der Waals surface area (Å²) in [6.45, 7) is 0. The first kappa shape index (κ1) is 13.5. The molecule has 1 unspecified atom stereocenters. The Morgan fingerprint density at radius 2 is 1.89 bits per heavy atom. The maximum absolute atomic E-state index is 4.29. The third-order valence-electron chi connectivity index (χ3n) is 3.24. The fourth-order valence-electron chi connectivity index (χ4n) is 2.29. The first-order chi connectivity index (χ1) is 9.38. The van der Waals surface area contributed by atoms with Gasteiger partial charge in [0.1, 0.15) is 0 Å². The third-order valence-corrected chi connectivity index (χ3v) is 6.34. The van der Waals surface area contributed by atoms with Crippen LogP contribution in [-0.2, 0) is 0 Å². The van der Waals surface area contributed by atoms with Crippen molar-refractivity contribution in [3.05, 3.63) is 58.3 Å². The molecule has 0 radical (unpaired) electrons. The molecule has 2 aromatic rings. The van der Waals surface area contributed by atoms with E-state index >= 15 is 0 Å². The average Bonchev–Trinajstić information content (AvgIpc) is 2.93. The molecule has 0 nitrogen and oxygen atoms in total. The highest BCUT2D eigenvalue weighted by Crippen LogP contribution is 2.53. The van der Waals surface area contributed by atoms with Crippen molar-refractivity contribution in [2.75, 3.05) is 5.75 Å². The van der Waals surface area contributed by atoms with Gasteiger partial charge in [-0.1, -0.05) is 42.5 Å². The molecule has 19 heavy (non-hydrogen) atoms. The van der Waals surface area contributed by atoms with E-state index < -0.39 is 0 Å². The molecule has 1 aliphatic heterocycles. The van der Waals surface area contributed by atoms with Crippen molar-refractivity contribution in [3.8, 4) is 0 Å². The summed E-state index contributed by atoms with van der Waals surface area (Å²) < 4.78 is 0.515. The normalized spacial score (nSPS) is 18.8. The predicted octanol–water partition coefficient (Wildman–Crippen LogP) is 5.87. The van der Waals surface area contributed by atoms with Crippen molar-refractivity contribution in [3.63, 3.8) is 0 Å². The topological polar surface area (TPSA) is 0 Å². The van der Waals surface area contributed by atoms with Crippen LogP contribution >= 0.6 is 36.2 Å². The van der Waals surface area contributed by atoms with Crippen LogP contribution in [0.25, 0.3) is 10.8 Å². The van der Waals surface area contributed by atoms with E-state index in [1.54, 1.807) is 0 Å². The average molecular weight is 305 g/mol. The van der Waals surface area contributed by atoms with Gasteiger partial charge in [0.2, 0.25) is 0 Å². The quantitative estimate of drug-likeness (QED) is 0.701. The summed E-state index contributed by atoms with van der Waals surface area (Å²) in [5.41, 5.74) is 1.45. The number of rotatable bonds is 4. The Bertz CT molecular complexity index is 598. The minimum Gasteiger partial charge on any atom is -0.179 e. The van der Waals surface area contributed by atoms with Crippen molar-refractivity contribution < 1.29 is 0 Å². The van der Waals surface area contributed by atoms with Gasteiger partial charge in [-0.25, -0.2) is 0 Å². The minimum atomic E-state index is 0.515. The molecule has 98 valence electrons. The molecule has 1 atom stereocenters. The highest BCUT2D eigenvalue weighted by molar-refractivity contribution is 8.22. The number of benzene rings is 2. The van der Waals surface area contributed by atoms with Crippen LogP contribution < -0.4 is 0 Å². The Morgan fingerprint density at radius 1 is 1.05 bits per heavy atom. The Balaban J connectivity index is 1.83. The fourth-order valence-corrected chi connectivity index (χ4v) is 5.22. The summed E-state index contributed by atoms with van der Waals surface area (Å²) in [5, 5.41) is 5.06. The molecular weight excluding hydrogens is 288 g/mol. The van der Waals surface area contributed by atoms with E-state index in [1.807, 2.05) is 23.5 Å². The lowest BCUT2D eigenvalue weighted by Gasteiger charge is -2.12. The smallest absolute Gasteiger partial charge is 0.0842 e. The molecule has 0 fully saturated rings. The molecule has 0 amide bonds. The van der Waals surface area contributed by atoms with Gasteiger partial charge in [-0.05, 0) is 45.2 Å². The van der Waals surface area contributed by atoms with Crippen molar-refractivity contribution in [2.24, 2.45) is 0 Å². The molecule has 0 saturated carbocycles. The summed E-state index contributed by atoms with van der Waals surface area (Å²) in [7, 11) is 0. The van der Waals surface area contributed by atoms with Gasteiger partial charge in [0, 0.05) is 0 Å². The van der Waals surface area contributed by atoms with Crippen LogP contribution in [0.2, 0.25) is 0 Å². The largest absolute Gasteiger partial charge is 0.179 e. The fraction of sp³-hybridized carbons (Fsp3) is 0.250. The maximum Gasteiger partial charge on any atom is 0.0842 e. The lowest BCUT2D eigenvalue weighted by atomic mass is 10.1. The molecule has 1 aliphatic rings. The Kier molecular flexibility index (Phi) is 4.46. The van der Waals surface area contributed by atoms with Crippen molar-refractivity contribution in [1.82, 2.24) is 0 Å². The summed E-state index contributed by atoms with van der Waals surface area (Å²) in [6.07, 6.45) is 2.34. The van der Waals surface area contributed by atoms with Gasteiger partial charge in [-0.2, -0.15) is 12.6 Å². The Labute approximate surface area is 128 Å². The van der Waals surface area contributed by atoms with E-state index in [0.29, 0.717) is 4.58 Å². The third kappa shape index (κ3) is 2.99. The highest BCUT2D eigenvalue weighted by atomic mass is 32.2. The summed E-state index contributed by atoms with van der Waals surface area (Å²) in [4.78, 5) is 1.51. The van der Waals surface area contributed by atoms with Crippen LogP contribution in [0.1, 0.15) is 23.0 Å². The van der Waals surface area contributed by atoms with Gasteiger partial charge in [0.15, 0.2) is 0 Å². The number of fused-ring (bicyclic) bond motifs is 1. The zero-order valence-electron chi connectivity index (χ0n) is 10.6. The zero-order valence-corrected chi connectivity index (χ0v) is 13.1. The second-order valence-electron chi connectivity index (χ2n) is 4.57. The van der Waals surface area contributed by atoms with E-state index in [4.69, 9.17) is 0 Å². The number of hydrogen-bond donors (Lipinski definition) is 1. The molecule has 0 N–H and O–H groups in total. The van der Waals surface area contributed by atoms with E-state index in [-0.39, 0.29) is 0 Å². The molecule has 2 aromatic carbocycles. The Hall–Kier alpha value is -0.510. The van der Waals surface area contributed by atoms with Gasteiger partial charge in [0.25, 0.3) is 0 Å². The van der Waals surface area contributed by atoms with Crippen LogP contribution in [0.5, 0.6) is 0 Å². The lowest BCUT2D eigenvalue weighted by Crippen LogP contribution is -1.88. The van der Waals surface area contributed by atoms with Crippen LogP contribution in [0.3, 0.4) is 0 Å². The number of hydrogen-bond acceptors (Lipinski definition) is 3. The zero-order chi connectivity index (χ0) is 13.1. The molecule has 0 aromatic heterocycles.